The topological polar surface area (TPSA) is 312 Å². The minimum Gasteiger partial charge on any atom is -0.495 e. The summed E-state index contributed by atoms with van der Waals surface area (Å²) in [5, 5.41) is 30.9. The van der Waals surface area contributed by atoms with E-state index in [1.54, 1.807) is 75.4 Å². The summed E-state index contributed by atoms with van der Waals surface area (Å²) >= 11 is 6.79. The van der Waals surface area contributed by atoms with Gasteiger partial charge >= 0.3 is 30.3 Å². The van der Waals surface area contributed by atoms with Crippen LogP contribution in [-0.4, -0.2) is 202 Å². The number of nitrogens with one attached hydrogen (secondary N) is 3. The van der Waals surface area contributed by atoms with E-state index in [-0.39, 0.29) is 76.3 Å². The van der Waals surface area contributed by atoms with Gasteiger partial charge in [0, 0.05) is 60.0 Å². The lowest BCUT2D eigenvalue weighted by molar-refractivity contribution is -0.162. The number of likely N-dealkylation sites (N-methyl/N-ethyl adjacent to an activating group) is 3. The van der Waals surface area contributed by atoms with Gasteiger partial charge in [-0.25, -0.2) is 24.0 Å². The zero-order chi connectivity index (χ0) is 62.3. The number of anilines is 3. The number of Topliss-reactive ketones (excluding diaryl/α,β-unsaturated/α-hetero) is 1. The molecule has 0 radical (unpaired) electrons. The Morgan fingerprint density at radius 2 is 1.71 bits per heavy atom. The highest BCUT2D eigenvalue weighted by molar-refractivity contribution is 6.35. The number of ketones is 1. The number of carbonyl (C=O) groups is 8. The molecule has 5 N–H and O–H groups in total. The quantitative estimate of drug-likeness (QED) is 0.0536. The lowest BCUT2D eigenvalue weighted by Crippen LogP contribution is -2.63. The van der Waals surface area contributed by atoms with Crippen LogP contribution in [0.1, 0.15) is 71.4 Å². The molecule has 0 spiro atoms. The molecule has 6 amide bonds. The lowest BCUT2D eigenvalue weighted by Gasteiger charge is -2.41. The van der Waals surface area contributed by atoms with Crippen molar-refractivity contribution < 1.29 is 91.2 Å². The molecule has 4 aliphatic heterocycles. The molecule has 2 aromatic carbocycles. The molecule has 466 valence electrons. The highest BCUT2D eigenvalue weighted by atomic mass is 35.5. The fourth-order valence-corrected chi connectivity index (χ4v) is 9.73. The number of fused-ring (bicyclic) bond motifs is 5. The number of alkyl carbamates (subject to hydrolysis) is 1. The Morgan fingerprint density at radius 1 is 0.988 bits per heavy atom. The molecule has 9 atom stereocenters. The minimum atomic E-state index is -2.14. The number of aliphatic hydroxyl groups is 2. The van der Waals surface area contributed by atoms with E-state index in [9.17, 15) is 48.6 Å². The van der Waals surface area contributed by atoms with Gasteiger partial charge < -0.3 is 77.8 Å². The van der Waals surface area contributed by atoms with Crippen molar-refractivity contribution in [1.29, 1.82) is 0 Å². The number of rotatable bonds is 18. The third-order valence-corrected chi connectivity index (χ3v) is 15.4. The van der Waals surface area contributed by atoms with E-state index in [0.717, 1.165) is 10.5 Å². The number of hydrogen-bond acceptors (Lipinski definition) is 20. The maximum atomic E-state index is 14.4. The molecule has 6 rings (SSSR count). The smallest absolute Gasteiger partial charge is 0.412 e. The van der Waals surface area contributed by atoms with E-state index < -0.39 is 102 Å². The summed E-state index contributed by atoms with van der Waals surface area (Å²) in [6.07, 6.45) is -1.04. The summed E-state index contributed by atoms with van der Waals surface area (Å²) in [5.41, 5.74) is -0.470. The van der Waals surface area contributed by atoms with Crippen LogP contribution in [0.5, 0.6) is 5.75 Å². The number of hydrogen-bond donors (Lipinski definition) is 5. The number of nitrogens with zero attached hydrogens (tertiary/aromatic N) is 4. The van der Waals surface area contributed by atoms with Crippen LogP contribution in [-0.2, 0) is 70.1 Å². The van der Waals surface area contributed by atoms with Crippen LogP contribution in [0.2, 0.25) is 5.02 Å². The summed E-state index contributed by atoms with van der Waals surface area (Å²) in [7, 11) is 7.21. The zero-order valence-corrected chi connectivity index (χ0v) is 50.3. The van der Waals surface area contributed by atoms with Gasteiger partial charge in [-0.3, -0.25) is 25.0 Å². The van der Waals surface area contributed by atoms with Crippen molar-refractivity contribution in [3.05, 3.63) is 82.4 Å². The number of esters is 1. The van der Waals surface area contributed by atoms with Crippen LogP contribution in [0.3, 0.4) is 0 Å². The first kappa shape index (κ1) is 66.6. The molecular formula is C58H78ClN7O19. The Bertz CT molecular complexity index is 2870. The van der Waals surface area contributed by atoms with Crippen LogP contribution in [0.15, 0.2) is 66.3 Å². The predicted molar refractivity (Wildman–Crippen MR) is 308 cm³/mol. The second-order valence-electron chi connectivity index (χ2n) is 21.4. The Morgan fingerprint density at radius 3 is 2.41 bits per heavy atom. The predicted octanol–water partition coefficient (Wildman–Crippen LogP) is 5.46. The first-order valence-corrected chi connectivity index (χ1v) is 28.1. The second-order valence-corrected chi connectivity index (χ2v) is 21.8. The van der Waals surface area contributed by atoms with Crippen molar-refractivity contribution in [3.63, 3.8) is 0 Å². The lowest BCUT2D eigenvalue weighted by atomic mass is 9.83. The SMILES string of the molecule is CCC(=O)CNc1cc(COC(=O)N(C)CCN(C)C(=O)OCCC(=O)N(C)[C@@H](C)C(=O)O[C@H]2CC(=O)N(C)c3cc(cc(OC)c3Cl)C/C(C)=C/C=C/[C@@H](O)[C@@]3(O)C[C@H](OC(=O)N3)[C@@H](C)[C@@H]3O[C@@]23C)ccc1NC(=O)OC1/C=C/COCOC1. The number of methoxy groups -OCH3 is 1. The molecule has 27 heteroatoms. The average Bonchev–Trinajstić information content (AvgIpc) is 1.72. The molecule has 2 saturated heterocycles. The highest BCUT2D eigenvalue weighted by Gasteiger charge is 2.64. The Hall–Kier alpha value is -7.49. The maximum Gasteiger partial charge on any atom is 0.412 e. The van der Waals surface area contributed by atoms with Crippen LogP contribution in [0.25, 0.3) is 0 Å². The Kier molecular flexibility index (Phi) is 23.6. The third-order valence-electron chi connectivity index (χ3n) is 15.1. The van der Waals surface area contributed by atoms with E-state index in [2.05, 4.69) is 16.0 Å². The van der Waals surface area contributed by atoms with Crippen molar-refractivity contribution in [2.75, 3.05) is 97.1 Å². The molecule has 4 bridgehead atoms. The molecule has 0 saturated carbocycles. The Labute approximate surface area is 498 Å². The van der Waals surface area contributed by atoms with Crippen LogP contribution < -0.4 is 25.6 Å². The monoisotopic (exact) mass is 1210 g/mol. The maximum absolute atomic E-state index is 14.4. The first-order valence-electron chi connectivity index (χ1n) is 27.7. The van der Waals surface area contributed by atoms with E-state index >= 15 is 0 Å². The molecule has 4 aliphatic rings. The molecule has 0 aliphatic carbocycles. The number of halogens is 1. The molecule has 2 fully saturated rings. The minimum absolute atomic E-state index is 0.00624. The van der Waals surface area contributed by atoms with Gasteiger partial charge in [-0.2, -0.15) is 0 Å². The number of allylic oxidation sites excluding steroid dienone is 3. The number of aliphatic hydroxyl groups excluding tert-OH is 1. The van der Waals surface area contributed by atoms with Gasteiger partial charge in [-0.1, -0.05) is 61.4 Å². The van der Waals surface area contributed by atoms with Crippen LogP contribution >= 0.6 is 11.6 Å². The van der Waals surface area contributed by atoms with Gasteiger partial charge in [0.2, 0.25) is 11.8 Å². The molecule has 2 aromatic rings. The number of amides is 6. The average molecular weight is 1210 g/mol. The normalized spacial score (nSPS) is 25.8. The van der Waals surface area contributed by atoms with Crippen molar-refractivity contribution in [1.82, 2.24) is 20.0 Å². The van der Waals surface area contributed by atoms with Crippen LogP contribution in [0, 0.1) is 5.92 Å². The number of ether oxygens (including phenoxy) is 9. The van der Waals surface area contributed by atoms with Gasteiger partial charge in [-0.05, 0) is 68.7 Å². The number of carbonyl (C=O) groups excluding carboxylic acids is 8. The fraction of sp³-hybridized carbons (Fsp3) is 0.552. The van der Waals surface area contributed by atoms with Crippen LogP contribution in [0.4, 0.5) is 36.2 Å². The standard InChI is InChI=1S/C58H78ClN7O19/c1-11-39(67)30-60-42-25-37(17-18-41(42)61-53(72)82-40-15-13-22-78-33-79-32-40)31-81-56(75)64(7)21-20-63(6)55(74)80-23-19-48(69)65(8)36(4)52(71)84-47-28-49(70)66(9)43-26-38(27-44(77-10)50(43)59)24-34(2)14-12-16-46(68)58(76)29-45(83-54(73)62-58)35(3)51-57(47,5)85-51/h12-18,25-27,35-36,40,45-47,51,60,68,76H,11,19-24,28-33H2,1-10H3,(H,61,72)(H,62,73)/b15-13+,16-12+,34-14+/t35-,36+,40?,45+,46-,47+,51+,57+,58+/m1/s1. The molecule has 26 nitrogen and oxygen atoms in total. The summed E-state index contributed by atoms with van der Waals surface area (Å²) in [6.45, 7) is 8.19. The van der Waals surface area contributed by atoms with E-state index in [0.29, 0.717) is 47.0 Å². The summed E-state index contributed by atoms with van der Waals surface area (Å²) in [4.78, 5) is 111. The van der Waals surface area contributed by atoms with Gasteiger partial charge in [0.25, 0.3) is 0 Å². The van der Waals surface area contributed by atoms with E-state index in [1.807, 2.05) is 6.92 Å². The van der Waals surface area contributed by atoms with E-state index in [4.69, 9.17) is 54.2 Å². The van der Waals surface area contributed by atoms with Gasteiger partial charge in [0.05, 0.1) is 62.9 Å². The van der Waals surface area contributed by atoms with Crippen molar-refractivity contribution in [3.8, 4) is 5.75 Å². The zero-order valence-electron chi connectivity index (χ0n) is 49.5. The molecule has 1 unspecified atom stereocenters. The second kappa shape index (κ2) is 30.0. The number of benzene rings is 2. The fourth-order valence-electron chi connectivity index (χ4n) is 9.41. The summed E-state index contributed by atoms with van der Waals surface area (Å²) in [6, 6.07) is 7.02. The van der Waals surface area contributed by atoms with Crippen molar-refractivity contribution >= 4 is 76.6 Å². The Balaban J connectivity index is 1.03. The summed E-state index contributed by atoms with van der Waals surface area (Å²) in [5.74, 6) is -2.52. The molecule has 4 heterocycles. The summed E-state index contributed by atoms with van der Waals surface area (Å²) < 4.78 is 50.4. The van der Waals surface area contributed by atoms with E-state index in [1.165, 1.54) is 63.0 Å². The largest absolute Gasteiger partial charge is 0.495 e. The number of epoxide rings is 1. The van der Waals surface area contributed by atoms with Gasteiger partial charge in [-0.15, -0.1) is 0 Å². The molecule has 85 heavy (non-hydrogen) atoms. The van der Waals surface area contributed by atoms with Gasteiger partial charge in [0.15, 0.2) is 11.5 Å². The molecule has 0 aromatic heterocycles. The molecular weight excluding hydrogens is 1130 g/mol. The van der Waals surface area contributed by atoms with Crippen molar-refractivity contribution in [2.45, 2.75) is 121 Å². The first-order chi connectivity index (χ1) is 40.3. The van der Waals surface area contributed by atoms with Gasteiger partial charge in [0.1, 0.15) is 66.8 Å². The third kappa shape index (κ3) is 18.0. The highest BCUT2D eigenvalue weighted by Crippen LogP contribution is 2.49. The van der Waals surface area contributed by atoms with Crippen molar-refractivity contribution in [2.24, 2.45) is 5.92 Å².